The zero-order chi connectivity index (χ0) is 27.9. The molecule has 0 radical (unpaired) electrons. The summed E-state index contributed by atoms with van der Waals surface area (Å²) in [5, 5.41) is 4.88. The van der Waals surface area contributed by atoms with E-state index in [-0.39, 0.29) is 0 Å². The number of rotatable bonds is 1. The van der Waals surface area contributed by atoms with Crippen LogP contribution >= 0.6 is 0 Å². The summed E-state index contributed by atoms with van der Waals surface area (Å²) in [6.45, 7) is 2.20. The third-order valence-corrected chi connectivity index (χ3v) is 8.95. The summed E-state index contributed by atoms with van der Waals surface area (Å²) in [5.74, 6) is 1.16. The minimum absolute atomic E-state index is 1.15. The summed E-state index contributed by atoms with van der Waals surface area (Å²) in [6.07, 6.45) is 2.22. The van der Waals surface area contributed by atoms with Gasteiger partial charge in [0.2, 0.25) is 5.52 Å². The Kier molecular flexibility index (Phi) is 4.71. The van der Waals surface area contributed by atoms with Crippen LogP contribution < -0.4 is 8.97 Å². The van der Waals surface area contributed by atoms with Gasteiger partial charge in [0.15, 0.2) is 11.0 Å². The summed E-state index contributed by atoms with van der Waals surface area (Å²) in [5.41, 5.74) is 10.7. The lowest BCUT2D eigenvalue weighted by atomic mass is 10.1. The minimum Gasteiger partial charge on any atom is -0.225 e. The molecular formula is C38H28N4+2. The van der Waals surface area contributed by atoms with Crippen LogP contribution in [0, 0.1) is 6.92 Å². The zero-order valence-corrected chi connectivity index (χ0v) is 23.5. The molecule has 198 valence electrons. The number of para-hydroxylation sites is 4. The van der Waals surface area contributed by atoms with Crippen LogP contribution in [0.15, 0.2) is 134 Å². The van der Waals surface area contributed by atoms with Gasteiger partial charge < -0.3 is 0 Å². The van der Waals surface area contributed by atoms with E-state index in [2.05, 4.69) is 165 Å². The highest BCUT2D eigenvalue weighted by atomic mass is 15.1. The Labute approximate surface area is 242 Å². The van der Waals surface area contributed by atoms with Crippen molar-refractivity contribution in [3.05, 3.63) is 139 Å². The Balaban J connectivity index is 1.75. The molecule has 9 rings (SSSR count). The maximum absolute atomic E-state index is 2.49. The van der Waals surface area contributed by atoms with E-state index in [4.69, 9.17) is 0 Å². The molecule has 0 aliphatic heterocycles. The van der Waals surface area contributed by atoms with Gasteiger partial charge in [0, 0.05) is 16.2 Å². The van der Waals surface area contributed by atoms with Gasteiger partial charge in [-0.3, -0.25) is 0 Å². The monoisotopic (exact) mass is 540 g/mol. The minimum atomic E-state index is 1.15. The fraction of sp³-hybridized carbons (Fsp3) is 0.0526. The van der Waals surface area contributed by atoms with Crippen molar-refractivity contribution in [2.45, 2.75) is 6.92 Å². The third-order valence-electron chi connectivity index (χ3n) is 8.95. The number of hydrogen-bond acceptors (Lipinski definition) is 0. The van der Waals surface area contributed by atoms with E-state index in [1.54, 1.807) is 0 Å². The zero-order valence-electron chi connectivity index (χ0n) is 23.5. The quantitative estimate of drug-likeness (QED) is 0.188. The summed E-state index contributed by atoms with van der Waals surface area (Å²) >= 11 is 0. The van der Waals surface area contributed by atoms with E-state index in [1.165, 1.54) is 54.7 Å². The fourth-order valence-electron chi connectivity index (χ4n) is 7.12. The first-order chi connectivity index (χ1) is 20.7. The molecule has 0 saturated carbocycles. The molecule has 0 bridgehead atoms. The van der Waals surface area contributed by atoms with Gasteiger partial charge in [-0.1, -0.05) is 60.7 Å². The van der Waals surface area contributed by atoms with E-state index in [1.807, 2.05) is 0 Å². The van der Waals surface area contributed by atoms with Gasteiger partial charge in [-0.25, -0.2) is 4.57 Å². The van der Waals surface area contributed by atoms with Crippen molar-refractivity contribution in [3.8, 4) is 11.4 Å². The Bertz CT molecular complexity index is 2600. The van der Waals surface area contributed by atoms with Crippen molar-refractivity contribution >= 4 is 60.3 Å². The van der Waals surface area contributed by atoms with E-state index in [0.717, 1.165) is 22.5 Å². The van der Waals surface area contributed by atoms with Crippen LogP contribution in [0.2, 0.25) is 0 Å². The molecule has 0 fully saturated rings. The molecule has 42 heavy (non-hydrogen) atoms. The van der Waals surface area contributed by atoms with Crippen LogP contribution in [0.25, 0.3) is 71.7 Å². The molecule has 0 amide bonds. The van der Waals surface area contributed by atoms with Gasteiger partial charge in [-0.2, -0.15) is 13.2 Å². The largest absolute Gasteiger partial charge is 0.300 e. The molecule has 4 nitrogen and oxygen atoms in total. The highest BCUT2D eigenvalue weighted by Crippen LogP contribution is 2.34. The smallest absolute Gasteiger partial charge is 0.225 e. The average molecular weight is 541 g/mol. The first kappa shape index (κ1) is 23.2. The highest BCUT2D eigenvalue weighted by molar-refractivity contribution is 6.11. The van der Waals surface area contributed by atoms with E-state index in [9.17, 15) is 0 Å². The number of benzene rings is 5. The molecule has 0 saturated heterocycles. The molecule has 0 spiro atoms. The molecule has 0 aliphatic carbocycles. The Morgan fingerprint density at radius 3 is 1.74 bits per heavy atom. The Morgan fingerprint density at radius 1 is 0.500 bits per heavy atom. The number of aryl methyl sites for hydroxylation is 2. The molecule has 0 aliphatic rings. The van der Waals surface area contributed by atoms with Gasteiger partial charge in [-0.15, -0.1) is 0 Å². The van der Waals surface area contributed by atoms with Crippen LogP contribution in [-0.4, -0.2) is 8.80 Å². The molecule has 0 atom stereocenters. The number of aromatic nitrogens is 4. The molecule has 9 aromatic rings. The standard InChI is InChI=1S/C38H28N4/c1-25-13-3-4-14-26(25)37-39(2)34-22-11-23-35-36(34)42(37)33-21-10-6-16-28(33)27-15-5-8-19-31(27)41-32-20-9-7-17-29(32)30-18-12-24-40(35)38(30)41/h3-24H,1-2H3/q+2. The van der Waals surface area contributed by atoms with Gasteiger partial charge in [0.1, 0.15) is 16.6 Å². The van der Waals surface area contributed by atoms with Gasteiger partial charge in [-0.05, 0) is 79.2 Å². The van der Waals surface area contributed by atoms with Crippen molar-refractivity contribution in [1.82, 2.24) is 8.80 Å². The first-order valence-electron chi connectivity index (χ1n) is 14.5. The summed E-state index contributed by atoms with van der Waals surface area (Å²) < 4.78 is 9.69. The number of nitrogens with zero attached hydrogens (tertiary/aromatic N) is 4. The molecule has 4 aromatic heterocycles. The van der Waals surface area contributed by atoms with Crippen molar-refractivity contribution in [1.29, 1.82) is 0 Å². The number of imidazole rings is 1. The maximum atomic E-state index is 2.49. The SMILES string of the molecule is Cc1ccccc1-c1n2c3ccccc3c3ccccc3n3c4ccccc4c4ccc[n+](c5cccc(c52)[n+]1C)c43. The van der Waals surface area contributed by atoms with Crippen molar-refractivity contribution in [2.75, 3.05) is 0 Å². The number of hydrogen-bond donors (Lipinski definition) is 0. The van der Waals surface area contributed by atoms with E-state index < -0.39 is 0 Å². The summed E-state index contributed by atoms with van der Waals surface area (Å²) in [6, 6.07) is 46.3. The average Bonchev–Trinajstić information content (AvgIpc) is 3.53. The lowest BCUT2D eigenvalue weighted by Gasteiger charge is -2.05. The molecule has 4 heterocycles. The predicted molar refractivity (Wildman–Crippen MR) is 172 cm³/mol. The summed E-state index contributed by atoms with van der Waals surface area (Å²) in [7, 11) is 2.20. The Morgan fingerprint density at radius 2 is 1.05 bits per heavy atom. The first-order valence-corrected chi connectivity index (χ1v) is 14.5. The molecule has 5 aromatic carbocycles. The summed E-state index contributed by atoms with van der Waals surface area (Å²) in [4.78, 5) is 0. The second-order valence-corrected chi connectivity index (χ2v) is 11.2. The predicted octanol–water partition coefficient (Wildman–Crippen LogP) is 7.91. The molecule has 0 N–H and O–H groups in total. The second kappa shape index (κ2) is 8.51. The Hall–Kier alpha value is -5.48. The van der Waals surface area contributed by atoms with E-state index in [0.29, 0.717) is 0 Å². The maximum Gasteiger partial charge on any atom is 0.300 e. The van der Waals surface area contributed by atoms with Gasteiger partial charge in [0.25, 0.3) is 11.5 Å². The lowest BCUT2D eigenvalue weighted by molar-refractivity contribution is -0.633. The highest BCUT2D eigenvalue weighted by Gasteiger charge is 2.29. The fourth-order valence-corrected chi connectivity index (χ4v) is 7.12. The van der Waals surface area contributed by atoms with Crippen LogP contribution in [0.1, 0.15) is 5.56 Å². The van der Waals surface area contributed by atoms with Crippen LogP contribution in [0.4, 0.5) is 0 Å². The van der Waals surface area contributed by atoms with Crippen molar-refractivity contribution in [3.63, 3.8) is 0 Å². The van der Waals surface area contributed by atoms with Crippen LogP contribution in [0.5, 0.6) is 0 Å². The lowest BCUT2D eigenvalue weighted by Crippen LogP contribution is -2.30. The van der Waals surface area contributed by atoms with Crippen LogP contribution in [-0.2, 0) is 7.05 Å². The second-order valence-electron chi connectivity index (χ2n) is 11.2. The normalized spacial score (nSPS) is 12.0. The van der Waals surface area contributed by atoms with Crippen molar-refractivity contribution in [2.24, 2.45) is 7.05 Å². The van der Waals surface area contributed by atoms with E-state index >= 15 is 0 Å². The van der Waals surface area contributed by atoms with Gasteiger partial charge >= 0.3 is 0 Å². The molecule has 0 unspecified atom stereocenters. The number of pyridine rings is 1. The number of fused-ring (bicyclic) bond motifs is 9. The topological polar surface area (TPSA) is 16.8 Å². The van der Waals surface area contributed by atoms with Crippen molar-refractivity contribution < 1.29 is 8.97 Å². The molecular weight excluding hydrogens is 512 g/mol. The third kappa shape index (κ3) is 2.96. The van der Waals surface area contributed by atoms with Gasteiger partial charge in [0.05, 0.1) is 24.2 Å². The molecule has 4 heteroatoms. The van der Waals surface area contributed by atoms with Crippen LogP contribution in [0.3, 0.4) is 0 Å².